The quantitative estimate of drug-likeness (QED) is 0.361. The van der Waals surface area contributed by atoms with E-state index < -0.39 is 22.7 Å². The predicted molar refractivity (Wildman–Crippen MR) is 168 cm³/mol. The Hall–Kier alpha value is -3.56. The number of anilines is 1. The van der Waals surface area contributed by atoms with Crippen LogP contribution < -0.4 is 10.3 Å². The van der Waals surface area contributed by atoms with E-state index in [0.717, 1.165) is 74.6 Å². The minimum Gasteiger partial charge on any atom is -0.606 e. The fourth-order valence-electron chi connectivity index (χ4n) is 7.42. The number of amides is 1. The summed E-state index contributed by atoms with van der Waals surface area (Å²) in [4.78, 5) is 18.6. The fourth-order valence-corrected chi connectivity index (χ4v) is 8.47. The Morgan fingerprint density at radius 2 is 1.82 bits per heavy atom. The van der Waals surface area contributed by atoms with Crippen molar-refractivity contribution in [1.82, 2.24) is 25.1 Å². The van der Waals surface area contributed by atoms with Crippen LogP contribution in [0.2, 0.25) is 0 Å². The van der Waals surface area contributed by atoms with Gasteiger partial charge in [0.25, 0.3) is 0 Å². The summed E-state index contributed by atoms with van der Waals surface area (Å²) in [6.07, 6.45) is 6.62. The number of carbonyl (C=O) groups excluding carboxylic acids is 1. The molecule has 4 heterocycles. The summed E-state index contributed by atoms with van der Waals surface area (Å²) in [5.41, 5.74) is 4.38. The van der Waals surface area contributed by atoms with Crippen LogP contribution in [-0.2, 0) is 28.4 Å². The van der Waals surface area contributed by atoms with Gasteiger partial charge in [0.15, 0.2) is 9.79 Å². The maximum Gasteiger partial charge on any atom is 0.421 e. The number of nitrogens with zero attached hydrogens (tertiary/aromatic N) is 6. The van der Waals surface area contributed by atoms with Crippen LogP contribution in [0, 0.1) is 23.2 Å². The van der Waals surface area contributed by atoms with Gasteiger partial charge in [0.2, 0.25) is 0 Å². The molecular weight excluding hydrogens is 574 g/mol. The van der Waals surface area contributed by atoms with Crippen molar-refractivity contribution in [3.63, 3.8) is 0 Å². The molecule has 232 valence electrons. The molecule has 0 aliphatic carbocycles. The summed E-state index contributed by atoms with van der Waals surface area (Å²) in [5, 5.41) is 17.0. The van der Waals surface area contributed by atoms with Crippen LogP contribution in [0.5, 0.6) is 0 Å². The summed E-state index contributed by atoms with van der Waals surface area (Å²) in [7, 11) is 3.20. The lowest BCUT2D eigenvalue weighted by Crippen LogP contribution is -2.58. The molecule has 3 fully saturated rings. The molecular formula is C33H41N7O3S. The minimum atomic E-state index is -1.23. The highest BCUT2D eigenvalue weighted by molar-refractivity contribution is 7.91. The lowest BCUT2D eigenvalue weighted by Gasteiger charge is -2.48. The number of hydrogen-bond donors (Lipinski definition) is 1. The van der Waals surface area contributed by atoms with Crippen molar-refractivity contribution >= 4 is 23.0 Å². The van der Waals surface area contributed by atoms with Crippen molar-refractivity contribution in [2.45, 2.75) is 46.9 Å². The maximum atomic E-state index is 12.8. The highest BCUT2D eigenvalue weighted by atomic mass is 32.2. The molecule has 3 aliphatic rings. The normalized spacial score (nSPS) is 22.1. The third-order valence-electron chi connectivity index (χ3n) is 9.65. The first-order valence-electron chi connectivity index (χ1n) is 15.5. The van der Waals surface area contributed by atoms with E-state index >= 15 is 0 Å². The number of ether oxygens (including phenoxy) is 1. The number of hydrogen-bond acceptors (Lipinski definition) is 8. The molecule has 0 bridgehead atoms. The number of benzene rings is 2. The van der Waals surface area contributed by atoms with Crippen molar-refractivity contribution < 1.29 is 14.1 Å². The fraction of sp³-hybridized carbons (Fsp3) is 0.485. The monoisotopic (exact) mass is 615 g/mol. The van der Waals surface area contributed by atoms with Gasteiger partial charge in [-0.2, -0.15) is 10.4 Å². The number of methoxy groups -OCH3 is 1. The molecule has 1 aromatic heterocycles. The molecule has 44 heavy (non-hydrogen) atoms. The Labute approximate surface area is 262 Å². The van der Waals surface area contributed by atoms with E-state index in [4.69, 9.17) is 4.74 Å². The molecule has 1 amide bonds. The van der Waals surface area contributed by atoms with Gasteiger partial charge >= 0.3 is 6.09 Å². The number of hydrazine groups is 1. The topological polar surface area (TPSA) is 113 Å². The first-order chi connectivity index (χ1) is 21.4. The number of likely N-dealkylation sites (tertiary alicyclic amines) is 1. The van der Waals surface area contributed by atoms with Gasteiger partial charge in [-0.05, 0) is 74.5 Å². The van der Waals surface area contributed by atoms with Crippen LogP contribution in [0.1, 0.15) is 31.2 Å². The zero-order valence-electron chi connectivity index (χ0n) is 25.5. The highest BCUT2D eigenvalue weighted by Crippen LogP contribution is 2.46. The molecule has 3 aromatic rings. The number of piperidine rings is 1. The number of aryl methyl sites for hydroxylation is 1. The zero-order valence-corrected chi connectivity index (χ0v) is 26.3. The summed E-state index contributed by atoms with van der Waals surface area (Å²) in [6, 6.07) is 20.9. The molecule has 3 aliphatic heterocycles. The summed E-state index contributed by atoms with van der Waals surface area (Å²) >= 11 is -1.23. The van der Waals surface area contributed by atoms with Crippen molar-refractivity contribution in [1.29, 1.82) is 5.26 Å². The van der Waals surface area contributed by atoms with Crippen LogP contribution in [-0.4, -0.2) is 82.8 Å². The van der Waals surface area contributed by atoms with Gasteiger partial charge in [-0.3, -0.25) is 10.1 Å². The zero-order chi connectivity index (χ0) is 30.7. The van der Waals surface area contributed by atoms with Gasteiger partial charge in [0, 0.05) is 56.0 Å². The second-order valence-corrected chi connectivity index (χ2v) is 13.7. The van der Waals surface area contributed by atoms with E-state index in [2.05, 4.69) is 50.7 Å². The van der Waals surface area contributed by atoms with Crippen molar-refractivity contribution in [3.05, 3.63) is 72.6 Å². The maximum absolute atomic E-state index is 12.8. The second-order valence-electron chi connectivity index (χ2n) is 12.3. The Morgan fingerprint density at radius 3 is 2.45 bits per heavy atom. The molecule has 1 N–H and O–H groups in total. The molecule has 0 saturated carbocycles. The van der Waals surface area contributed by atoms with E-state index in [1.54, 1.807) is 17.1 Å². The smallest absolute Gasteiger partial charge is 0.421 e. The molecule has 0 radical (unpaired) electrons. The van der Waals surface area contributed by atoms with Gasteiger partial charge in [-0.1, -0.05) is 30.3 Å². The first kappa shape index (κ1) is 30.5. The Bertz CT molecular complexity index is 1450. The third kappa shape index (κ3) is 6.04. The van der Waals surface area contributed by atoms with Gasteiger partial charge in [-0.15, -0.1) is 0 Å². The average Bonchev–Trinajstić information content (AvgIpc) is 3.69. The van der Waals surface area contributed by atoms with Gasteiger partial charge in [0.1, 0.15) is 11.6 Å². The lowest BCUT2D eigenvalue weighted by molar-refractivity contribution is 0.0560. The standard InChI is InChI=1S/C33H41N7O3S/c1-37-23-30(19-35-37)44(42)29-12-10-28(11-13-29)39-21-25(22-39)20-38-17-14-27(15-18-38)33(24-34,26-7-4-3-5-8-26)31-9-6-16-40(31)36-32(41)43-2/h3-5,7-8,10-13,19,23,25,27,31H,6,9,14-18,20-22H2,1-2H3,(H,36,41). The minimum absolute atomic E-state index is 0.112. The first-order valence-corrected chi connectivity index (χ1v) is 16.6. The van der Waals surface area contributed by atoms with Crippen molar-refractivity contribution in [2.75, 3.05) is 51.3 Å². The SMILES string of the molecule is COC(=O)NN1CCCC1C(C#N)(c1ccccc1)C1CCN(CC2CN(c3ccc([S+]([O-])c4cnn(C)c4)cc3)C2)CC1. The molecule has 0 spiro atoms. The van der Waals surface area contributed by atoms with Crippen molar-refractivity contribution in [3.8, 4) is 6.07 Å². The second kappa shape index (κ2) is 13.2. The largest absolute Gasteiger partial charge is 0.606 e. The number of nitrogens with one attached hydrogen (secondary N) is 1. The molecule has 3 unspecified atom stereocenters. The molecule has 6 rings (SSSR count). The van der Waals surface area contributed by atoms with E-state index in [9.17, 15) is 14.6 Å². The number of carbonyl (C=O) groups is 1. The van der Waals surface area contributed by atoms with Gasteiger partial charge in [-0.25, -0.2) is 9.80 Å². The van der Waals surface area contributed by atoms with Crippen LogP contribution in [0.3, 0.4) is 0 Å². The molecule has 11 heteroatoms. The predicted octanol–water partition coefficient (Wildman–Crippen LogP) is 3.93. The number of nitriles is 1. The van der Waals surface area contributed by atoms with E-state index in [1.165, 1.54) is 7.11 Å². The Morgan fingerprint density at radius 1 is 1.09 bits per heavy atom. The number of aromatic nitrogens is 2. The molecule has 2 aromatic carbocycles. The van der Waals surface area contributed by atoms with E-state index in [1.807, 2.05) is 42.4 Å². The van der Waals surface area contributed by atoms with E-state index in [-0.39, 0.29) is 12.0 Å². The van der Waals surface area contributed by atoms with Crippen LogP contribution in [0.25, 0.3) is 0 Å². The summed E-state index contributed by atoms with van der Waals surface area (Å²) in [6.45, 7) is 5.70. The molecule has 10 nitrogen and oxygen atoms in total. The molecule has 3 saturated heterocycles. The van der Waals surface area contributed by atoms with Gasteiger partial charge < -0.3 is 19.1 Å². The summed E-state index contributed by atoms with van der Waals surface area (Å²) in [5.74, 6) is 0.782. The number of rotatable bonds is 9. The molecule has 3 atom stereocenters. The third-order valence-corrected chi connectivity index (χ3v) is 11.0. The Balaban J connectivity index is 1.05. The lowest BCUT2D eigenvalue weighted by atomic mass is 9.62. The highest BCUT2D eigenvalue weighted by Gasteiger charge is 2.52. The van der Waals surface area contributed by atoms with Crippen LogP contribution in [0.4, 0.5) is 10.5 Å². The van der Waals surface area contributed by atoms with E-state index in [0.29, 0.717) is 17.4 Å². The van der Waals surface area contributed by atoms with Crippen molar-refractivity contribution in [2.24, 2.45) is 18.9 Å². The van der Waals surface area contributed by atoms with Gasteiger partial charge in [0.05, 0.1) is 25.4 Å². The van der Waals surface area contributed by atoms with Crippen LogP contribution in [0.15, 0.2) is 76.8 Å². The van der Waals surface area contributed by atoms with Crippen LogP contribution >= 0.6 is 0 Å². The summed E-state index contributed by atoms with van der Waals surface area (Å²) < 4.78 is 19.4. The Kier molecular flexibility index (Phi) is 9.14. The average molecular weight is 616 g/mol.